The maximum absolute atomic E-state index is 14.8. The van der Waals surface area contributed by atoms with Crippen molar-refractivity contribution in [1.29, 1.82) is 0 Å². The van der Waals surface area contributed by atoms with Gasteiger partial charge in [0.1, 0.15) is 53.2 Å². The number of methoxy groups -OCH3 is 1. The highest BCUT2D eigenvalue weighted by molar-refractivity contribution is 7.95. The molecule has 460 valence electrons. The smallest absolute Gasteiger partial charge is 0.311 e. The molecule has 3 aliphatic rings. The molecule has 3 aromatic carbocycles. The zero-order chi connectivity index (χ0) is 60.5. The maximum Gasteiger partial charge on any atom is 0.311 e. The number of aliphatic hydroxyl groups excluding tert-OH is 3. The first-order chi connectivity index (χ1) is 38.6. The maximum atomic E-state index is 14.8. The number of esters is 1. The molecule has 0 unspecified atom stereocenters. The largest absolute Gasteiger partial charge is 0.459 e. The number of unbranched alkanes of at least 4 members (excludes halogenated alkanes) is 4. The van der Waals surface area contributed by atoms with Gasteiger partial charge in [-0.25, -0.2) is 0 Å². The van der Waals surface area contributed by atoms with E-state index < -0.39 is 109 Å². The molecule has 6 rings (SSSR count). The van der Waals surface area contributed by atoms with Crippen LogP contribution in [-0.2, 0) is 38.0 Å². The second-order valence-electron chi connectivity index (χ2n) is 25.4. The predicted molar refractivity (Wildman–Crippen MR) is 325 cm³/mol. The predicted octanol–water partition coefficient (Wildman–Crippen LogP) is 7.20. The number of benzene rings is 3. The standard InChI is InChI=1S/C65H103N3O13P/c1-16-53-65(10,75)58(71)46(6)68(54(69)32-26-18-17-19-27-37-82(49-28-22-20-23-29-49,50-30-24-21-25-31-50)51-35-33-48(34-36-51)66(11)12)41-42(2)39-63(8,74)60(81-62-56(70)52(67(13)14)38-43(3)77-62)44(4)57(45(5)61(73)79-53)80-55-40-64(9,76-15)59(72)47(7)78-55/h20-25,28-31,33-36,42-47,52-53,55-60,62,70-72,74-75H,16-19,26-27,32,37-41H2,1-15H3/q+1/t42-,43-,44+,45-,46-,47+,52+,53-,55+,56-,57+,58-,59+,60-,62+,63-,64-,65-/m1/s1. The Hall–Kier alpha value is -3.61. The van der Waals surface area contributed by atoms with Gasteiger partial charge in [-0.3, -0.25) is 9.59 Å². The third kappa shape index (κ3) is 15.7. The molecule has 17 heteroatoms. The van der Waals surface area contributed by atoms with Gasteiger partial charge in [-0.1, -0.05) is 70.0 Å². The molecule has 5 N–H and O–H groups in total. The van der Waals surface area contributed by atoms with E-state index in [4.69, 9.17) is 28.4 Å². The van der Waals surface area contributed by atoms with Crippen molar-refractivity contribution < 1.29 is 63.5 Å². The van der Waals surface area contributed by atoms with Crippen LogP contribution in [0.25, 0.3) is 0 Å². The molecule has 0 saturated carbocycles. The summed E-state index contributed by atoms with van der Waals surface area (Å²) in [7, 11) is 7.34. The molecular formula is C65H103N3O13P+. The average Bonchev–Trinajstić information content (AvgIpc) is 3.60. The second-order valence-corrected chi connectivity index (χ2v) is 29.0. The Morgan fingerprint density at radius 3 is 1.89 bits per heavy atom. The van der Waals surface area contributed by atoms with Crippen molar-refractivity contribution in [2.24, 2.45) is 17.8 Å². The number of nitrogens with zero attached hydrogens (tertiary/aromatic N) is 3. The van der Waals surface area contributed by atoms with Crippen molar-refractivity contribution >= 4 is 40.7 Å². The van der Waals surface area contributed by atoms with Gasteiger partial charge >= 0.3 is 5.97 Å². The number of ether oxygens (including phenoxy) is 6. The highest BCUT2D eigenvalue weighted by Crippen LogP contribution is 2.56. The van der Waals surface area contributed by atoms with Crippen LogP contribution in [0.3, 0.4) is 0 Å². The van der Waals surface area contributed by atoms with Crippen LogP contribution in [0.1, 0.15) is 133 Å². The summed E-state index contributed by atoms with van der Waals surface area (Å²) >= 11 is 0. The second kappa shape index (κ2) is 29.2. The number of aliphatic hydroxyl groups is 5. The molecular weight excluding hydrogens is 1060 g/mol. The number of rotatable bonds is 19. The first-order valence-electron chi connectivity index (χ1n) is 30.2. The number of cyclic esters (lactones) is 1. The first-order valence-corrected chi connectivity index (χ1v) is 32.2. The minimum absolute atomic E-state index is 0.0599. The number of carbonyl (C=O) groups is 2. The van der Waals surface area contributed by atoms with Gasteiger partial charge < -0.3 is 68.7 Å². The van der Waals surface area contributed by atoms with Crippen molar-refractivity contribution in [3.63, 3.8) is 0 Å². The molecule has 0 bridgehead atoms. The van der Waals surface area contributed by atoms with E-state index in [9.17, 15) is 35.1 Å². The SMILES string of the molecule is CC[C@H]1OC(=O)[C@H](C)[C@@H](O[C@H]2C[C@@](C)(OC)[C@@H](O)[C@H](C)O2)[C@H](C)[C@@H](O[C@@H]2O[C@H](C)C[C@H](N(C)C)[C@H]2O)[C@](C)(O)C[C@@H](C)CN(C(=O)CCCCCCC[P+](c2ccccc2)(c2ccccc2)c2ccc(N(C)C)cc2)[C@H](C)[C@@H](O)[C@]1(C)O. The lowest BCUT2D eigenvalue weighted by Gasteiger charge is -2.48. The number of carbonyl (C=O) groups excluding carboxylic acids is 2. The molecule has 82 heavy (non-hydrogen) atoms. The Morgan fingerprint density at radius 2 is 1.33 bits per heavy atom. The summed E-state index contributed by atoms with van der Waals surface area (Å²) in [6, 6.07) is 29.6. The lowest BCUT2D eigenvalue weighted by molar-refractivity contribution is -0.318. The van der Waals surface area contributed by atoms with Crippen LogP contribution < -0.4 is 20.8 Å². The fourth-order valence-electron chi connectivity index (χ4n) is 13.3. The van der Waals surface area contributed by atoms with Crippen molar-refractivity contribution in [2.45, 2.75) is 224 Å². The van der Waals surface area contributed by atoms with Gasteiger partial charge in [0.25, 0.3) is 0 Å². The average molecular weight is 1170 g/mol. The van der Waals surface area contributed by atoms with Gasteiger partial charge in [-0.15, -0.1) is 0 Å². The molecule has 16 nitrogen and oxygen atoms in total. The molecule has 18 atom stereocenters. The van der Waals surface area contributed by atoms with Gasteiger partial charge in [0.05, 0.1) is 53.7 Å². The summed E-state index contributed by atoms with van der Waals surface area (Å²) in [4.78, 5) is 35.2. The molecule has 3 aromatic rings. The van der Waals surface area contributed by atoms with Crippen LogP contribution in [0, 0.1) is 17.8 Å². The Morgan fingerprint density at radius 1 is 0.756 bits per heavy atom. The lowest BCUT2D eigenvalue weighted by atomic mass is 9.77. The summed E-state index contributed by atoms with van der Waals surface area (Å²) in [5.41, 5.74) is -3.68. The van der Waals surface area contributed by atoms with Crippen LogP contribution >= 0.6 is 7.26 Å². The highest BCUT2D eigenvalue weighted by Gasteiger charge is 2.53. The van der Waals surface area contributed by atoms with E-state index in [0.29, 0.717) is 12.8 Å². The Labute approximate surface area is 491 Å². The minimum Gasteiger partial charge on any atom is -0.459 e. The third-order valence-electron chi connectivity index (χ3n) is 18.3. The van der Waals surface area contributed by atoms with Crippen molar-refractivity contribution in [2.75, 3.05) is 52.9 Å². The van der Waals surface area contributed by atoms with Gasteiger partial charge in [-0.2, -0.15) is 0 Å². The van der Waals surface area contributed by atoms with E-state index >= 15 is 0 Å². The zero-order valence-corrected chi connectivity index (χ0v) is 52.9. The van der Waals surface area contributed by atoms with E-state index in [1.165, 1.54) is 29.9 Å². The van der Waals surface area contributed by atoms with Gasteiger partial charge in [-0.05, 0) is 156 Å². The first kappa shape index (κ1) is 67.5. The Bertz CT molecular complexity index is 2400. The summed E-state index contributed by atoms with van der Waals surface area (Å²) in [6.45, 7) is 17.4. The molecule has 3 heterocycles. The van der Waals surface area contributed by atoms with Crippen molar-refractivity contribution in [3.05, 3.63) is 84.9 Å². The molecule has 3 aliphatic heterocycles. The van der Waals surface area contributed by atoms with E-state index in [0.717, 1.165) is 37.5 Å². The quantitative estimate of drug-likeness (QED) is 0.0458. The number of anilines is 1. The highest BCUT2D eigenvalue weighted by atomic mass is 31.2. The van der Waals surface area contributed by atoms with E-state index in [-0.39, 0.29) is 50.3 Å². The van der Waals surface area contributed by atoms with Crippen LogP contribution in [-0.4, -0.2) is 186 Å². The summed E-state index contributed by atoms with van der Waals surface area (Å²) in [5, 5.41) is 64.8. The lowest BCUT2D eigenvalue weighted by Crippen LogP contribution is -2.60. The Balaban J connectivity index is 1.26. The van der Waals surface area contributed by atoms with E-state index in [1.54, 1.807) is 53.4 Å². The normalized spacial score (nSPS) is 35.6. The molecule has 3 saturated heterocycles. The summed E-state index contributed by atoms with van der Waals surface area (Å²) in [6.07, 6.45) is -4.13. The molecule has 0 aliphatic carbocycles. The van der Waals surface area contributed by atoms with Crippen LogP contribution in [0.15, 0.2) is 84.9 Å². The van der Waals surface area contributed by atoms with Crippen molar-refractivity contribution in [3.8, 4) is 0 Å². The monoisotopic (exact) mass is 1160 g/mol. The molecule has 0 radical (unpaired) electrons. The molecule has 0 spiro atoms. The zero-order valence-electron chi connectivity index (χ0n) is 52.0. The van der Waals surface area contributed by atoms with Crippen LogP contribution in [0.4, 0.5) is 5.69 Å². The number of likely N-dealkylation sites (N-methyl/N-ethyl adjacent to an activating group) is 1. The number of hydrogen-bond donors (Lipinski definition) is 5. The third-order valence-corrected chi connectivity index (χ3v) is 22.8. The van der Waals surface area contributed by atoms with Gasteiger partial charge in [0.15, 0.2) is 12.6 Å². The van der Waals surface area contributed by atoms with Gasteiger partial charge in [0.2, 0.25) is 5.91 Å². The molecule has 1 amide bonds. The molecule has 3 fully saturated rings. The minimum atomic E-state index is -2.04. The Kier molecular flexibility index (Phi) is 24.0. The van der Waals surface area contributed by atoms with Crippen LogP contribution in [0.2, 0.25) is 0 Å². The van der Waals surface area contributed by atoms with Crippen LogP contribution in [0.5, 0.6) is 0 Å². The van der Waals surface area contributed by atoms with E-state index in [1.807, 2.05) is 32.8 Å². The topological polar surface area (TPSA) is 200 Å². The summed E-state index contributed by atoms with van der Waals surface area (Å²) < 4.78 is 38.4. The molecule has 0 aromatic heterocycles. The number of amides is 1. The van der Waals surface area contributed by atoms with E-state index in [2.05, 4.69) is 104 Å². The van der Waals surface area contributed by atoms with Gasteiger partial charge in [0, 0.05) is 58.2 Å². The fourth-order valence-corrected chi connectivity index (χ4v) is 17.7. The fraction of sp³-hybridized carbons (Fsp3) is 0.692. The van der Waals surface area contributed by atoms with Crippen molar-refractivity contribution in [1.82, 2.24) is 9.80 Å². The number of hydrogen-bond acceptors (Lipinski definition) is 15. The summed E-state index contributed by atoms with van der Waals surface area (Å²) in [5.74, 6) is -3.33.